The lowest BCUT2D eigenvalue weighted by atomic mass is 10.1. The molecule has 0 fully saturated rings. The van der Waals surface area contributed by atoms with Crippen molar-refractivity contribution in [3.05, 3.63) is 58.1 Å². The van der Waals surface area contributed by atoms with Gasteiger partial charge in [-0.2, -0.15) is 0 Å². The zero-order valence-electron chi connectivity index (χ0n) is 16.4. The molecule has 0 radical (unpaired) electrons. The summed E-state index contributed by atoms with van der Waals surface area (Å²) in [5.41, 5.74) is 2.47. The second kappa shape index (κ2) is 9.99. The Morgan fingerprint density at radius 2 is 1.79 bits per heavy atom. The van der Waals surface area contributed by atoms with Crippen LogP contribution >= 0.6 is 11.6 Å². The van der Waals surface area contributed by atoms with Crippen molar-refractivity contribution in [3.8, 4) is 11.5 Å². The summed E-state index contributed by atoms with van der Waals surface area (Å²) in [6, 6.07) is 10.9. The zero-order valence-corrected chi connectivity index (χ0v) is 17.1. The molecule has 2 aromatic rings. The van der Waals surface area contributed by atoms with Crippen molar-refractivity contribution in [1.82, 2.24) is 5.32 Å². The number of hydrogen-bond acceptors (Lipinski definition) is 5. The molecule has 7 heteroatoms. The van der Waals surface area contributed by atoms with Crippen LogP contribution in [0, 0.1) is 13.8 Å². The first kappa shape index (κ1) is 21.6. The van der Waals surface area contributed by atoms with Crippen LogP contribution in [0.2, 0.25) is 5.02 Å². The fourth-order valence-corrected chi connectivity index (χ4v) is 3.04. The number of esters is 1. The first-order valence-corrected chi connectivity index (χ1v) is 9.18. The summed E-state index contributed by atoms with van der Waals surface area (Å²) < 4.78 is 15.9. The maximum absolute atomic E-state index is 12.2. The van der Waals surface area contributed by atoms with Gasteiger partial charge >= 0.3 is 5.97 Å². The first-order chi connectivity index (χ1) is 13.3. The van der Waals surface area contributed by atoms with E-state index in [0.29, 0.717) is 16.5 Å². The number of amides is 1. The third-order valence-electron chi connectivity index (χ3n) is 4.08. The van der Waals surface area contributed by atoms with E-state index in [0.717, 1.165) is 16.7 Å². The van der Waals surface area contributed by atoms with Crippen LogP contribution in [0.25, 0.3) is 0 Å². The van der Waals surface area contributed by atoms with Gasteiger partial charge in [0.05, 0.1) is 7.11 Å². The number of carbonyl (C=O) groups is 2. The number of rotatable bonds is 8. The molecule has 0 saturated heterocycles. The van der Waals surface area contributed by atoms with Gasteiger partial charge in [-0.15, -0.1) is 0 Å². The van der Waals surface area contributed by atoms with Crippen LogP contribution in [-0.2, 0) is 20.9 Å². The predicted octanol–water partition coefficient (Wildman–Crippen LogP) is 3.59. The SMILES string of the molecule is COc1ccccc1CNC(=O)[C@H](C)OC(=O)COc1c(C)cc(Cl)cc1C. The van der Waals surface area contributed by atoms with Crippen molar-refractivity contribution < 1.29 is 23.8 Å². The van der Waals surface area contributed by atoms with Gasteiger partial charge in [-0.3, -0.25) is 4.79 Å². The molecule has 6 nitrogen and oxygen atoms in total. The molecule has 0 bridgehead atoms. The number of carbonyl (C=O) groups excluding carboxylic acids is 2. The molecule has 0 aromatic heterocycles. The average molecular weight is 406 g/mol. The van der Waals surface area contributed by atoms with Gasteiger partial charge in [0.2, 0.25) is 0 Å². The summed E-state index contributed by atoms with van der Waals surface area (Å²) in [5.74, 6) is 0.219. The normalized spacial score (nSPS) is 11.5. The lowest BCUT2D eigenvalue weighted by Crippen LogP contribution is -2.36. The molecule has 1 N–H and O–H groups in total. The Bertz CT molecular complexity index is 829. The van der Waals surface area contributed by atoms with Crippen molar-refractivity contribution in [3.63, 3.8) is 0 Å². The molecule has 0 aliphatic carbocycles. The molecule has 0 heterocycles. The van der Waals surface area contributed by atoms with Crippen molar-refractivity contribution in [2.45, 2.75) is 33.4 Å². The summed E-state index contributed by atoms with van der Waals surface area (Å²) in [7, 11) is 1.56. The number of aryl methyl sites for hydroxylation is 2. The second-order valence-electron chi connectivity index (χ2n) is 6.32. The molecule has 2 aromatic carbocycles. The van der Waals surface area contributed by atoms with Gasteiger partial charge in [0.15, 0.2) is 12.7 Å². The van der Waals surface area contributed by atoms with Crippen LogP contribution in [0.1, 0.15) is 23.6 Å². The van der Waals surface area contributed by atoms with Crippen LogP contribution in [-0.4, -0.2) is 31.7 Å². The third-order valence-corrected chi connectivity index (χ3v) is 4.30. The highest BCUT2D eigenvalue weighted by Gasteiger charge is 2.19. The Labute approximate surface area is 169 Å². The van der Waals surface area contributed by atoms with Gasteiger partial charge in [-0.25, -0.2) is 4.79 Å². The van der Waals surface area contributed by atoms with Crippen molar-refractivity contribution >= 4 is 23.5 Å². The van der Waals surface area contributed by atoms with Crippen LogP contribution in [0.4, 0.5) is 0 Å². The van der Waals surface area contributed by atoms with Crippen LogP contribution in [0.15, 0.2) is 36.4 Å². The maximum Gasteiger partial charge on any atom is 0.344 e. The quantitative estimate of drug-likeness (QED) is 0.679. The van der Waals surface area contributed by atoms with E-state index in [2.05, 4.69) is 5.32 Å². The van der Waals surface area contributed by atoms with Gasteiger partial charge in [0.25, 0.3) is 5.91 Å². The van der Waals surface area contributed by atoms with Crippen LogP contribution in [0.3, 0.4) is 0 Å². The van der Waals surface area contributed by atoms with Gasteiger partial charge in [0, 0.05) is 17.1 Å². The van der Waals surface area contributed by atoms with Gasteiger partial charge in [-0.1, -0.05) is 29.8 Å². The fraction of sp³-hybridized carbons (Fsp3) is 0.333. The summed E-state index contributed by atoms with van der Waals surface area (Å²) in [6.45, 7) is 5.16. The minimum Gasteiger partial charge on any atom is -0.496 e. The first-order valence-electron chi connectivity index (χ1n) is 8.80. The standard InChI is InChI=1S/C21H24ClNO5/c1-13-9-17(22)10-14(2)20(13)27-12-19(24)28-15(3)21(25)23-11-16-7-5-6-8-18(16)26-4/h5-10,15H,11-12H2,1-4H3,(H,23,25)/t15-/m0/s1. The van der Waals surface area contributed by atoms with E-state index >= 15 is 0 Å². The molecule has 0 spiro atoms. The lowest BCUT2D eigenvalue weighted by Gasteiger charge is -2.16. The van der Waals surface area contributed by atoms with Crippen LogP contribution < -0.4 is 14.8 Å². The molecule has 0 unspecified atom stereocenters. The summed E-state index contributed by atoms with van der Waals surface area (Å²) in [6.07, 6.45) is -0.946. The number of methoxy groups -OCH3 is 1. The summed E-state index contributed by atoms with van der Waals surface area (Å²) in [5, 5.41) is 3.33. The van der Waals surface area contributed by atoms with E-state index < -0.39 is 18.0 Å². The van der Waals surface area contributed by atoms with E-state index in [9.17, 15) is 9.59 Å². The number of halogens is 1. The van der Waals surface area contributed by atoms with Gasteiger partial charge in [0.1, 0.15) is 11.5 Å². The van der Waals surface area contributed by atoms with Crippen molar-refractivity contribution in [1.29, 1.82) is 0 Å². The Balaban J connectivity index is 1.84. The summed E-state index contributed by atoms with van der Waals surface area (Å²) in [4.78, 5) is 24.2. The molecule has 0 aliphatic rings. The molecule has 2 rings (SSSR count). The number of para-hydroxylation sites is 1. The van der Waals surface area contributed by atoms with E-state index in [1.54, 1.807) is 19.2 Å². The predicted molar refractivity (Wildman–Crippen MR) is 107 cm³/mol. The molecule has 1 atom stereocenters. The molecule has 1 amide bonds. The highest BCUT2D eigenvalue weighted by Crippen LogP contribution is 2.27. The summed E-state index contributed by atoms with van der Waals surface area (Å²) >= 11 is 5.98. The van der Waals surface area contributed by atoms with E-state index in [1.165, 1.54) is 6.92 Å². The van der Waals surface area contributed by atoms with E-state index in [1.807, 2.05) is 38.1 Å². The molecule has 0 aliphatic heterocycles. The Kier molecular flexibility index (Phi) is 7.70. The second-order valence-corrected chi connectivity index (χ2v) is 6.76. The minimum absolute atomic E-state index is 0.268. The molecule has 28 heavy (non-hydrogen) atoms. The highest BCUT2D eigenvalue weighted by atomic mass is 35.5. The molecular formula is C21H24ClNO5. The zero-order chi connectivity index (χ0) is 20.7. The Morgan fingerprint density at radius 3 is 2.43 bits per heavy atom. The minimum atomic E-state index is -0.946. The Hall–Kier alpha value is -2.73. The molecule has 0 saturated carbocycles. The monoisotopic (exact) mass is 405 g/mol. The number of nitrogens with one attached hydrogen (secondary N) is 1. The van der Waals surface area contributed by atoms with E-state index in [4.69, 9.17) is 25.8 Å². The highest BCUT2D eigenvalue weighted by molar-refractivity contribution is 6.30. The van der Waals surface area contributed by atoms with Crippen molar-refractivity contribution in [2.75, 3.05) is 13.7 Å². The van der Waals surface area contributed by atoms with Crippen molar-refractivity contribution in [2.24, 2.45) is 0 Å². The number of ether oxygens (including phenoxy) is 3. The van der Waals surface area contributed by atoms with Crippen LogP contribution in [0.5, 0.6) is 11.5 Å². The third kappa shape index (κ3) is 5.89. The average Bonchev–Trinajstić information content (AvgIpc) is 2.65. The maximum atomic E-state index is 12.2. The van der Waals surface area contributed by atoms with Gasteiger partial charge < -0.3 is 19.5 Å². The number of hydrogen-bond donors (Lipinski definition) is 1. The van der Waals surface area contributed by atoms with Gasteiger partial charge in [-0.05, 0) is 50.1 Å². The lowest BCUT2D eigenvalue weighted by molar-refractivity contribution is -0.156. The largest absolute Gasteiger partial charge is 0.496 e. The molecule has 150 valence electrons. The fourth-order valence-electron chi connectivity index (χ4n) is 2.72. The number of benzene rings is 2. The van der Waals surface area contributed by atoms with E-state index in [-0.39, 0.29) is 13.2 Å². The Morgan fingerprint density at radius 1 is 1.14 bits per heavy atom. The molecular weight excluding hydrogens is 382 g/mol. The topological polar surface area (TPSA) is 73.9 Å². The smallest absolute Gasteiger partial charge is 0.344 e.